The van der Waals surface area contributed by atoms with Crippen LogP contribution in [-0.4, -0.2) is 11.8 Å². The van der Waals surface area contributed by atoms with Crippen LogP contribution in [0.25, 0.3) is 11.1 Å². The number of primary amides is 2. The van der Waals surface area contributed by atoms with Gasteiger partial charge >= 0.3 is 0 Å². The minimum atomic E-state index is -0.424. The lowest BCUT2D eigenvalue weighted by Gasteiger charge is -2.09. The van der Waals surface area contributed by atoms with Crippen molar-refractivity contribution in [1.82, 2.24) is 0 Å². The highest BCUT2D eigenvalue weighted by atomic mass is 16.1. The van der Waals surface area contributed by atoms with Crippen molar-refractivity contribution in [2.75, 3.05) is 0 Å². The molecule has 0 aliphatic carbocycles. The number of carbonyl (C=O) groups is 2. The molecule has 0 aliphatic rings. The fourth-order valence-corrected chi connectivity index (χ4v) is 1.77. The summed E-state index contributed by atoms with van der Waals surface area (Å²) >= 11 is 0. The highest BCUT2D eigenvalue weighted by molar-refractivity contribution is 6.00. The van der Waals surface area contributed by atoms with Crippen molar-refractivity contribution in [3.8, 4) is 0 Å². The highest BCUT2D eigenvalue weighted by Gasteiger charge is 2.08. The first kappa shape index (κ1) is 15.7. The van der Waals surface area contributed by atoms with Crippen LogP contribution in [0.3, 0.4) is 0 Å². The predicted molar refractivity (Wildman–Crippen MR) is 81.4 cm³/mol. The molecule has 0 radical (unpaired) electrons. The van der Waals surface area contributed by atoms with E-state index in [9.17, 15) is 9.59 Å². The van der Waals surface area contributed by atoms with Crippen molar-refractivity contribution in [3.63, 3.8) is 0 Å². The lowest BCUT2D eigenvalue weighted by molar-refractivity contribution is -0.115. The summed E-state index contributed by atoms with van der Waals surface area (Å²) in [6.45, 7) is 7.11. The van der Waals surface area contributed by atoms with Crippen LogP contribution in [0.1, 0.15) is 38.8 Å². The fraction of sp³-hybridized carbons (Fsp3) is 0.250. The molecule has 20 heavy (non-hydrogen) atoms. The average molecular weight is 272 g/mol. The molecule has 4 N–H and O–H groups in total. The first-order valence-corrected chi connectivity index (χ1v) is 6.31. The van der Waals surface area contributed by atoms with E-state index >= 15 is 0 Å². The van der Waals surface area contributed by atoms with Crippen LogP contribution < -0.4 is 11.5 Å². The highest BCUT2D eigenvalue weighted by Crippen LogP contribution is 2.23. The van der Waals surface area contributed by atoms with Crippen LogP contribution in [-0.2, 0) is 9.59 Å². The Labute approximate surface area is 119 Å². The summed E-state index contributed by atoms with van der Waals surface area (Å²) in [6.07, 6.45) is 0. The fourth-order valence-electron chi connectivity index (χ4n) is 1.77. The molecule has 106 valence electrons. The minimum absolute atomic E-state index is 0.424. The average Bonchev–Trinajstić information content (AvgIpc) is 2.44. The number of carbonyl (C=O) groups excluding carboxylic acids is 2. The summed E-state index contributed by atoms with van der Waals surface area (Å²) in [5, 5.41) is 0. The van der Waals surface area contributed by atoms with Gasteiger partial charge in [0.15, 0.2) is 0 Å². The third-order valence-corrected chi connectivity index (χ3v) is 3.62. The molecule has 1 aromatic carbocycles. The lowest BCUT2D eigenvalue weighted by Crippen LogP contribution is -2.13. The van der Waals surface area contributed by atoms with Gasteiger partial charge in [-0.1, -0.05) is 24.3 Å². The predicted octanol–water partition coefficient (Wildman–Crippen LogP) is 2.24. The summed E-state index contributed by atoms with van der Waals surface area (Å²) in [4.78, 5) is 22.3. The second-order valence-electron chi connectivity index (χ2n) is 4.81. The van der Waals surface area contributed by atoms with E-state index in [-0.39, 0.29) is 0 Å². The van der Waals surface area contributed by atoms with Crippen molar-refractivity contribution in [2.45, 2.75) is 27.7 Å². The van der Waals surface area contributed by atoms with E-state index in [0.717, 1.165) is 22.3 Å². The van der Waals surface area contributed by atoms with E-state index in [1.165, 1.54) is 0 Å². The molecule has 0 saturated heterocycles. The Bertz CT molecular complexity index is 553. The Morgan fingerprint density at radius 1 is 0.700 bits per heavy atom. The van der Waals surface area contributed by atoms with E-state index in [1.807, 2.05) is 38.1 Å². The van der Waals surface area contributed by atoms with Crippen LogP contribution in [0.15, 0.2) is 35.4 Å². The second-order valence-corrected chi connectivity index (χ2v) is 4.81. The van der Waals surface area contributed by atoms with Gasteiger partial charge in [0.1, 0.15) is 0 Å². The van der Waals surface area contributed by atoms with Gasteiger partial charge in [-0.05, 0) is 50.0 Å². The SMILES string of the molecule is C/C(C(N)=O)=C(/C)c1ccc(/C(C)=C(\C)C(N)=O)cc1. The Hall–Kier alpha value is -2.36. The molecule has 1 rings (SSSR count). The van der Waals surface area contributed by atoms with Crippen LogP contribution >= 0.6 is 0 Å². The van der Waals surface area contributed by atoms with Crippen LogP contribution in [0, 0.1) is 0 Å². The van der Waals surface area contributed by atoms with Gasteiger partial charge in [-0.15, -0.1) is 0 Å². The van der Waals surface area contributed by atoms with Gasteiger partial charge in [0, 0.05) is 11.1 Å². The van der Waals surface area contributed by atoms with Gasteiger partial charge in [-0.2, -0.15) is 0 Å². The van der Waals surface area contributed by atoms with Crippen LogP contribution in [0.2, 0.25) is 0 Å². The Morgan fingerprint density at radius 3 is 1.15 bits per heavy atom. The molecule has 0 heterocycles. The molecule has 0 unspecified atom stereocenters. The number of amides is 2. The van der Waals surface area contributed by atoms with E-state index in [0.29, 0.717) is 11.1 Å². The van der Waals surface area contributed by atoms with E-state index in [2.05, 4.69) is 0 Å². The number of hydrogen-bond acceptors (Lipinski definition) is 2. The first-order chi connectivity index (χ1) is 9.25. The molecule has 4 nitrogen and oxygen atoms in total. The van der Waals surface area contributed by atoms with Gasteiger partial charge in [-0.3, -0.25) is 9.59 Å². The van der Waals surface area contributed by atoms with E-state index in [1.54, 1.807) is 13.8 Å². The monoisotopic (exact) mass is 272 g/mol. The van der Waals surface area contributed by atoms with Crippen molar-refractivity contribution >= 4 is 23.0 Å². The van der Waals surface area contributed by atoms with Crippen molar-refractivity contribution in [2.24, 2.45) is 11.5 Å². The largest absolute Gasteiger partial charge is 0.366 e. The van der Waals surface area contributed by atoms with Gasteiger partial charge in [-0.25, -0.2) is 0 Å². The quantitative estimate of drug-likeness (QED) is 0.823. The molecular formula is C16H20N2O2. The summed E-state index contributed by atoms with van der Waals surface area (Å²) in [5.74, 6) is -0.848. The smallest absolute Gasteiger partial charge is 0.244 e. The molecular weight excluding hydrogens is 252 g/mol. The summed E-state index contributed by atoms with van der Waals surface area (Å²) in [7, 11) is 0. The Morgan fingerprint density at radius 2 is 0.950 bits per heavy atom. The molecule has 0 bridgehead atoms. The molecule has 2 amide bonds. The number of nitrogens with two attached hydrogens (primary N) is 2. The summed E-state index contributed by atoms with van der Waals surface area (Å²) < 4.78 is 0. The minimum Gasteiger partial charge on any atom is -0.366 e. The lowest BCUT2D eigenvalue weighted by atomic mass is 9.97. The standard InChI is InChI=1S/C16H20N2O2/c1-9(11(3)15(17)19)13-5-7-14(8-6-13)10(2)12(4)16(18)20/h5-8H,1-4H3,(H2,17,19)(H2,18,20)/b11-9+,12-10+. The summed E-state index contributed by atoms with van der Waals surface area (Å²) in [6, 6.07) is 7.59. The third-order valence-electron chi connectivity index (χ3n) is 3.62. The number of benzene rings is 1. The van der Waals surface area contributed by atoms with E-state index in [4.69, 9.17) is 11.5 Å². The molecule has 1 aromatic rings. The van der Waals surface area contributed by atoms with E-state index < -0.39 is 11.8 Å². The molecule has 0 fully saturated rings. The molecule has 4 heteroatoms. The molecule has 0 aromatic heterocycles. The van der Waals surface area contributed by atoms with Crippen molar-refractivity contribution in [3.05, 3.63) is 46.5 Å². The molecule has 0 atom stereocenters. The zero-order chi connectivity index (χ0) is 15.4. The molecule has 0 aliphatic heterocycles. The third kappa shape index (κ3) is 3.35. The zero-order valence-corrected chi connectivity index (χ0v) is 12.3. The number of hydrogen-bond donors (Lipinski definition) is 2. The zero-order valence-electron chi connectivity index (χ0n) is 12.3. The van der Waals surface area contributed by atoms with Crippen LogP contribution in [0.5, 0.6) is 0 Å². The first-order valence-electron chi connectivity index (χ1n) is 6.31. The van der Waals surface area contributed by atoms with Crippen molar-refractivity contribution < 1.29 is 9.59 Å². The maximum Gasteiger partial charge on any atom is 0.244 e. The van der Waals surface area contributed by atoms with Gasteiger partial charge < -0.3 is 11.5 Å². The second kappa shape index (κ2) is 6.19. The number of rotatable bonds is 4. The number of allylic oxidation sites excluding steroid dienone is 2. The Kier molecular flexibility index (Phi) is 4.86. The van der Waals surface area contributed by atoms with Crippen molar-refractivity contribution in [1.29, 1.82) is 0 Å². The topological polar surface area (TPSA) is 86.2 Å². The van der Waals surface area contributed by atoms with Gasteiger partial charge in [0.25, 0.3) is 0 Å². The van der Waals surface area contributed by atoms with Gasteiger partial charge in [0.2, 0.25) is 11.8 Å². The normalized spacial score (nSPS) is 13.4. The molecule has 0 spiro atoms. The van der Waals surface area contributed by atoms with Crippen LogP contribution in [0.4, 0.5) is 0 Å². The summed E-state index contributed by atoms with van der Waals surface area (Å²) in [5.41, 5.74) is 15.2. The Balaban J connectivity index is 3.20. The maximum absolute atomic E-state index is 11.2. The molecule has 0 saturated carbocycles. The maximum atomic E-state index is 11.2. The van der Waals surface area contributed by atoms with Gasteiger partial charge in [0.05, 0.1) is 0 Å².